The highest BCUT2D eigenvalue weighted by atomic mass is 16.4. The van der Waals surface area contributed by atoms with E-state index in [2.05, 4.69) is 5.32 Å². The molecule has 1 fully saturated rings. The third-order valence-corrected chi connectivity index (χ3v) is 3.37. The number of hydrogen-bond acceptors (Lipinski definition) is 4. The first-order valence-corrected chi connectivity index (χ1v) is 5.92. The molecule has 0 radical (unpaired) electrons. The van der Waals surface area contributed by atoms with Crippen LogP contribution < -0.4 is 16.8 Å². The van der Waals surface area contributed by atoms with Gasteiger partial charge in [-0.1, -0.05) is 12.8 Å². The summed E-state index contributed by atoms with van der Waals surface area (Å²) >= 11 is 0. The highest BCUT2D eigenvalue weighted by Crippen LogP contribution is 2.37. The smallest absolute Gasteiger partial charge is 0.311 e. The van der Waals surface area contributed by atoms with Crippen LogP contribution in [0.3, 0.4) is 0 Å². The van der Waals surface area contributed by atoms with Gasteiger partial charge in [0.05, 0.1) is 17.9 Å². The fraction of sp³-hybridized carbons (Fsp3) is 0.727. The van der Waals surface area contributed by atoms with Crippen molar-refractivity contribution in [3.05, 3.63) is 0 Å². The van der Waals surface area contributed by atoms with Gasteiger partial charge >= 0.3 is 5.97 Å². The van der Waals surface area contributed by atoms with Crippen LogP contribution in [0.25, 0.3) is 0 Å². The van der Waals surface area contributed by atoms with Crippen LogP contribution in [-0.4, -0.2) is 35.5 Å². The Bertz CT molecular complexity index is 350. The Kier molecular flexibility index (Phi) is 4.66. The molecule has 1 atom stereocenters. The molecule has 0 aromatic heterocycles. The van der Waals surface area contributed by atoms with E-state index in [1.807, 2.05) is 0 Å². The lowest BCUT2D eigenvalue weighted by molar-refractivity contribution is -0.148. The Morgan fingerprint density at radius 1 is 1.28 bits per heavy atom. The van der Waals surface area contributed by atoms with Gasteiger partial charge in [0.15, 0.2) is 0 Å². The molecule has 0 heterocycles. The summed E-state index contributed by atoms with van der Waals surface area (Å²) in [7, 11) is 0. The second kappa shape index (κ2) is 5.81. The molecule has 1 aliphatic carbocycles. The van der Waals surface area contributed by atoms with E-state index in [0.29, 0.717) is 12.8 Å². The molecule has 0 aromatic carbocycles. The van der Waals surface area contributed by atoms with Gasteiger partial charge in [-0.15, -0.1) is 0 Å². The predicted molar refractivity (Wildman–Crippen MR) is 63.3 cm³/mol. The second-order valence-corrected chi connectivity index (χ2v) is 4.79. The number of carbonyl (C=O) groups excluding carboxylic acids is 2. The number of rotatable bonds is 6. The lowest BCUT2D eigenvalue weighted by atomic mass is 9.86. The Labute approximate surface area is 105 Å². The van der Waals surface area contributed by atoms with Crippen LogP contribution in [0.15, 0.2) is 0 Å². The van der Waals surface area contributed by atoms with Gasteiger partial charge in [-0.25, -0.2) is 0 Å². The highest BCUT2D eigenvalue weighted by Gasteiger charge is 2.41. The topological polar surface area (TPSA) is 136 Å². The van der Waals surface area contributed by atoms with E-state index in [0.717, 1.165) is 12.8 Å². The van der Waals surface area contributed by atoms with Crippen molar-refractivity contribution in [2.24, 2.45) is 16.9 Å². The molecule has 1 rings (SSSR count). The van der Waals surface area contributed by atoms with E-state index in [9.17, 15) is 19.5 Å². The number of amides is 2. The highest BCUT2D eigenvalue weighted by molar-refractivity contribution is 5.88. The minimum Gasteiger partial charge on any atom is -0.481 e. The number of carboxylic acid groups (broad SMARTS) is 1. The Morgan fingerprint density at radius 3 is 2.28 bits per heavy atom. The molecular weight excluding hydrogens is 238 g/mol. The maximum atomic E-state index is 11.6. The van der Waals surface area contributed by atoms with Crippen molar-refractivity contribution in [3.63, 3.8) is 0 Å². The van der Waals surface area contributed by atoms with Crippen LogP contribution in [0.5, 0.6) is 0 Å². The van der Waals surface area contributed by atoms with Crippen LogP contribution in [0.4, 0.5) is 0 Å². The van der Waals surface area contributed by atoms with Crippen molar-refractivity contribution in [2.45, 2.75) is 38.1 Å². The molecule has 0 bridgehead atoms. The summed E-state index contributed by atoms with van der Waals surface area (Å²) in [4.78, 5) is 33.4. The molecule has 6 N–H and O–H groups in total. The lowest BCUT2D eigenvalue weighted by Gasteiger charge is -2.24. The summed E-state index contributed by atoms with van der Waals surface area (Å²) in [6, 6.07) is -1.02. The van der Waals surface area contributed by atoms with Crippen molar-refractivity contribution in [1.29, 1.82) is 0 Å². The van der Waals surface area contributed by atoms with Crippen LogP contribution in [0, 0.1) is 5.41 Å². The molecule has 0 saturated heterocycles. The van der Waals surface area contributed by atoms with Gasteiger partial charge < -0.3 is 21.9 Å². The molecule has 0 aliphatic heterocycles. The fourth-order valence-corrected chi connectivity index (χ4v) is 2.21. The average molecular weight is 257 g/mol. The first kappa shape index (κ1) is 14.4. The molecule has 1 unspecified atom stereocenters. The largest absolute Gasteiger partial charge is 0.481 e. The summed E-state index contributed by atoms with van der Waals surface area (Å²) < 4.78 is 0. The molecule has 0 aromatic rings. The minimum absolute atomic E-state index is 0.0492. The number of hydrogen-bond donors (Lipinski definition) is 4. The summed E-state index contributed by atoms with van der Waals surface area (Å²) in [5, 5.41) is 11.7. The SMILES string of the molecule is NC(=O)CC(N)C(=O)NCC1(C(=O)O)CCCC1. The van der Waals surface area contributed by atoms with Crippen molar-refractivity contribution in [2.75, 3.05) is 6.54 Å². The van der Waals surface area contributed by atoms with Crippen LogP contribution >= 0.6 is 0 Å². The number of carbonyl (C=O) groups is 3. The summed E-state index contributed by atoms with van der Waals surface area (Å²) in [6.07, 6.45) is 2.54. The van der Waals surface area contributed by atoms with E-state index in [-0.39, 0.29) is 13.0 Å². The number of carboxylic acids is 1. The quantitative estimate of drug-likeness (QED) is 0.481. The Morgan fingerprint density at radius 2 is 1.83 bits per heavy atom. The fourth-order valence-electron chi connectivity index (χ4n) is 2.21. The summed E-state index contributed by atoms with van der Waals surface area (Å²) in [5.41, 5.74) is 9.51. The number of nitrogens with one attached hydrogen (secondary N) is 1. The standard InChI is InChI=1S/C11H19N3O4/c12-7(5-8(13)15)9(16)14-6-11(10(17)18)3-1-2-4-11/h7H,1-6,12H2,(H2,13,15)(H,14,16)(H,17,18). The third kappa shape index (κ3) is 3.43. The van der Waals surface area contributed by atoms with Crippen LogP contribution in [0.1, 0.15) is 32.1 Å². The second-order valence-electron chi connectivity index (χ2n) is 4.79. The zero-order chi connectivity index (χ0) is 13.8. The van der Waals surface area contributed by atoms with Crippen molar-refractivity contribution < 1.29 is 19.5 Å². The zero-order valence-corrected chi connectivity index (χ0v) is 10.1. The molecule has 7 nitrogen and oxygen atoms in total. The van der Waals surface area contributed by atoms with E-state index in [1.54, 1.807) is 0 Å². The summed E-state index contributed by atoms with van der Waals surface area (Å²) in [6.45, 7) is 0.0492. The van der Waals surface area contributed by atoms with Gasteiger partial charge in [0.2, 0.25) is 11.8 Å². The number of aliphatic carboxylic acids is 1. The molecule has 18 heavy (non-hydrogen) atoms. The van der Waals surface area contributed by atoms with Gasteiger partial charge in [-0.2, -0.15) is 0 Å². The van der Waals surface area contributed by atoms with Gasteiger partial charge in [-0.3, -0.25) is 14.4 Å². The maximum absolute atomic E-state index is 11.6. The maximum Gasteiger partial charge on any atom is 0.311 e. The first-order chi connectivity index (χ1) is 8.37. The van der Waals surface area contributed by atoms with E-state index in [1.165, 1.54) is 0 Å². The van der Waals surface area contributed by atoms with E-state index < -0.39 is 29.2 Å². The lowest BCUT2D eigenvalue weighted by Crippen LogP contribution is -2.48. The predicted octanol–water partition coefficient (Wildman–Crippen LogP) is -1.05. The van der Waals surface area contributed by atoms with E-state index >= 15 is 0 Å². The molecule has 1 saturated carbocycles. The summed E-state index contributed by atoms with van der Waals surface area (Å²) in [5.74, 6) is -2.10. The van der Waals surface area contributed by atoms with Crippen LogP contribution in [-0.2, 0) is 14.4 Å². The van der Waals surface area contributed by atoms with Crippen molar-refractivity contribution in [3.8, 4) is 0 Å². The molecule has 7 heteroatoms. The van der Waals surface area contributed by atoms with Gasteiger partial charge in [0, 0.05) is 6.54 Å². The number of nitrogens with two attached hydrogens (primary N) is 2. The normalized spacial score (nSPS) is 19.2. The number of primary amides is 1. The van der Waals surface area contributed by atoms with E-state index in [4.69, 9.17) is 11.5 Å². The monoisotopic (exact) mass is 257 g/mol. The van der Waals surface area contributed by atoms with Gasteiger partial charge in [0.25, 0.3) is 0 Å². The third-order valence-electron chi connectivity index (χ3n) is 3.37. The van der Waals surface area contributed by atoms with Crippen LogP contribution in [0.2, 0.25) is 0 Å². The van der Waals surface area contributed by atoms with Gasteiger partial charge in [-0.05, 0) is 12.8 Å². The van der Waals surface area contributed by atoms with Crippen molar-refractivity contribution in [1.82, 2.24) is 5.32 Å². The van der Waals surface area contributed by atoms with Crippen molar-refractivity contribution >= 4 is 17.8 Å². The Balaban J connectivity index is 2.50. The minimum atomic E-state index is -1.02. The molecule has 102 valence electrons. The Hall–Kier alpha value is -1.63. The zero-order valence-electron chi connectivity index (χ0n) is 10.1. The van der Waals surface area contributed by atoms with Gasteiger partial charge in [0.1, 0.15) is 0 Å². The molecule has 1 aliphatic rings. The molecular formula is C11H19N3O4. The molecule has 0 spiro atoms. The first-order valence-electron chi connectivity index (χ1n) is 5.92. The average Bonchev–Trinajstić information content (AvgIpc) is 2.74. The molecule has 2 amide bonds.